The smallest absolute Gasteiger partial charge is 0.244 e. The van der Waals surface area contributed by atoms with Crippen LogP contribution in [0.5, 0.6) is 5.88 Å². The van der Waals surface area contributed by atoms with Crippen LogP contribution in [0.1, 0.15) is 24.8 Å². The number of piperidine rings is 1. The van der Waals surface area contributed by atoms with Crippen LogP contribution in [0.2, 0.25) is 0 Å². The number of sulfonamides is 1. The van der Waals surface area contributed by atoms with Gasteiger partial charge in [-0.25, -0.2) is 13.4 Å². The average Bonchev–Trinajstić information content (AvgIpc) is 3.04. The van der Waals surface area contributed by atoms with Gasteiger partial charge in [-0.15, -0.1) is 10.2 Å². The lowest BCUT2D eigenvalue weighted by Gasteiger charge is -2.25. The van der Waals surface area contributed by atoms with E-state index in [-0.39, 0.29) is 16.6 Å². The molecule has 1 aliphatic rings. The van der Waals surface area contributed by atoms with Gasteiger partial charge >= 0.3 is 0 Å². The number of aromatic hydroxyl groups is 1. The molecule has 2 N–H and O–H groups in total. The van der Waals surface area contributed by atoms with Crippen LogP contribution < -0.4 is 0 Å². The van der Waals surface area contributed by atoms with Crippen molar-refractivity contribution >= 4 is 32.4 Å². The zero-order chi connectivity index (χ0) is 19.7. The molecule has 0 amide bonds. The van der Waals surface area contributed by atoms with Gasteiger partial charge in [0.2, 0.25) is 15.9 Å². The summed E-state index contributed by atoms with van der Waals surface area (Å²) in [6.45, 7) is 3.02. The molecule has 1 saturated heterocycles. The van der Waals surface area contributed by atoms with Crippen LogP contribution >= 0.6 is 0 Å². The van der Waals surface area contributed by atoms with Crippen molar-refractivity contribution < 1.29 is 13.5 Å². The molecule has 3 aromatic rings. The molecule has 28 heavy (non-hydrogen) atoms. The fourth-order valence-corrected chi connectivity index (χ4v) is 4.84. The van der Waals surface area contributed by atoms with Crippen LogP contribution in [-0.2, 0) is 10.0 Å². The number of nitrogens with one attached hydrogen (secondary N) is 1. The summed E-state index contributed by atoms with van der Waals surface area (Å²) in [5.41, 5.74) is 2.11. The highest BCUT2D eigenvalue weighted by atomic mass is 32.2. The molecule has 146 valence electrons. The number of rotatable bonds is 4. The lowest BCUT2D eigenvalue weighted by Crippen LogP contribution is -2.35. The predicted molar refractivity (Wildman–Crippen MR) is 106 cm³/mol. The van der Waals surface area contributed by atoms with Crippen molar-refractivity contribution in [2.24, 2.45) is 10.2 Å². The summed E-state index contributed by atoms with van der Waals surface area (Å²) in [5, 5.41) is 19.0. The first-order valence-electron chi connectivity index (χ1n) is 9.15. The van der Waals surface area contributed by atoms with Gasteiger partial charge in [-0.05, 0) is 37.5 Å². The molecular weight excluding hydrogens is 378 g/mol. The molecule has 0 radical (unpaired) electrons. The van der Waals surface area contributed by atoms with E-state index >= 15 is 0 Å². The topological polar surface area (TPSA) is 111 Å². The maximum absolute atomic E-state index is 12.7. The Morgan fingerprint density at radius 1 is 1.11 bits per heavy atom. The zero-order valence-electron chi connectivity index (χ0n) is 15.5. The van der Waals surface area contributed by atoms with Crippen LogP contribution in [0.4, 0.5) is 11.5 Å². The fraction of sp³-hybridized carbons (Fsp3) is 0.316. The Morgan fingerprint density at radius 2 is 1.89 bits per heavy atom. The normalized spacial score (nSPS) is 16.2. The van der Waals surface area contributed by atoms with E-state index in [1.165, 1.54) is 22.6 Å². The van der Waals surface area contributed by atoms with E-state index in [2.05, 4.69) is 20.2 Å². The monoisotopic (exact) mass is 399 g/mol. The van der Waals surface area contributed by atoms with Gasteiger partial charge in [0, 0.05) is 24.7 Å². The van der Waals surface area contributed by atoms with Crippen molar-refractivity contribution in [2.45, 2.75) is 31.1 Å². The third-order valence-electron chi connectivity index (χ3n) is 4.92. The Bertz CT molecular complexity index is 1130. The summed E-state index contributed by atoms with van der Waals surface area (Å²) in [7, 11) is -3.52. The highest BCUT2D eigenvalue weighted by Crippen LogP contribution is 2.37. The number of H-pyrrole nitrogens is 1. The molecule has 2 aromatic heterocycles. The van der Waals surface area contributed by atoms with E-state index in [9.17, 15) is 13.5 Å². The summed E-state index contributed by atoms with van der Waals surface area (Å²) in [5.74, 6) is 0.191. The Hall–Kier alpha value is -2.78. The highest BCUT2D eigenvalue weighted by molar-refractivity contribution is 7.89. The van der Waals surface area contributed by atoms with Gasteiger partial charge in [0.05, 0.1) is 5.52 Å². The van der Waals surface area contributed by atoms with Gasteiger partial charge in [-0.1, -0.05) is 24.6 Å². The molecule has 3 heterocycles. The molecule has 0 saturated carbocycles. The Labute approximate surface area is 163 Å². The summed E-state index contributed by atoms with van der Waals surface area (Å²) in [4.78, 5) is 7.15. The first-order valence-corrected chi connectivity index (χ1v) is 10.6. The number of benzene rings is 1. The number of nitrogens with zero attached hydrogens (tertiary/aromatic N) is 4. The van der Waals surface area contributed by atoms with E-state index < -0.39 is 10.0 Å². The molecule has 0 spiro atoms. The van der Waals surface area contributed by atoms with Crippen LogP contribution in [0.25, 0.3) is 10.9 Å². The number of aromatic amines is 1. The molecule has 8 nitrogen and oxygen atoms in total. The standard InChI is InChI=1S/C19H21N5O3S/c1-13-6-5-7-15-17(13)21-19(25)18(15)23-22-16-9-8-14(12-20-16)28(26,27)24-10-3-2-4-11-24/h5-9,12,21,25H,2-4,10-11H2,1H3. The molecule has 0 atom stereocenters. The Kier molecular flexibility index (Phi) is 4.86. The number of azo groups is 1. The number of fused-ring (bicyclic) bond motifs is 1. The summed E-state index contributed by atoms with van der Waals surface area (Å²) < 4.78 is 26.8. The van der Waals surface area contributed by atoms with Gasteiger partial charge in [0.15, 0.2) is 11.5 Å². The molecule has 1 aromatic carbocycles. The second-order valence-electron chi connectivity index (χ2n) is 6.84. The average molecular weight is 399 g/mol. The van der Waals surface area contributed by atoms with E-state index in [4.69, 9.17) is 0 Å². The Balaban J connectivity index is 1.59. The number of para-hydroxylation sites is 1. The maximum atomic E-state index is 12.7. The highest BCUT2D eigenvalue weighted by Gasteiger charge is 2.26. The van der Waals surface area contributed by atoms with Crippen molar-refractivity contribution in [2.75, 3.05) is 13.1 Å². The second kappa shape index (κ2) is 7.33. The largest absolute Gasteiger partial charge is 0.493 e. The quantitative estimate of drug-likeness (QED) is 0.641. The van der Waals surface area contributed by atoms with Crippen LogP contribution in [-0.4, -0.2) is 40.9 Å². The zero-order valence-corrected chi connectivity index (χ0v) is 16.3. The molecule has 1 aliphatic heterocycles. The molecule has 9 heteroatoms. The van der Waals surface area contributed by atoms with Crippen LogP contribution in [0.15, 0.2) is 51.7 Å². The van der Waals surface area contributed by atoms with Crippen molar-refractivity contribution in [3.8, 4) is 5.88 Å². The van der Waals surface area contributed by atoms with Gasteiger partial charge in [0.1, 0.15) is 4.90 Å². The maximum Gasteiger partial charge on any atom is 0.244 e. The Morgan fingerprint density at radius 3 is 2.61 bits per heavy atom. The van der Waals surface area contributed by atoms with Crippen molar-refractivity contribution in [3.05, 3.63) is 42.1 Å². The van der Waals surface area contributed by atoms with E-state index in [1.54, 1.807) is 0 Å². The van der Waals surface area contributed by atoms with Crippen molar-refractivity contribution in [1.82, 2.24) is 14.3 Å². The number of aryl methyl sites for hydroxylation is 1. The van der Waals surface area contributed by atoms with Crippen molar-refractivity contribution in [1.29, 1.82) is 0 Å². The summed E-state index contributed by atoms with van der Waals surface area (Å²) in [6, 6.07) is 8.65. The number of pyridine rings is 1. The van der Waals surface area contributed by atoms with E-state index in [1.807, 2.05) is 25.1 Å². The van der Waals surface area contributed by atoms with Crippen LogP contribution in [0.3, 0.4) is 0 Å². The van der Waals surface area contributed by atoms with E-state index in [0.717, 1.165) is 35.7 Å². The van der Waals surface area contributed by atoms with Crippen LogP contribution in [0, 0.1) is 6.92 Å². The third-order valence-corrected chi connectivity index (χ3v) is 6.80. The minimum atomic E-state index is -3.52. The first-order chi connectivity index (χ1) is 13.5. The molecular formula is C19H21N5O3S. The number of aromatic nitrogens is 2. The third kappa shape index (κ3) is 3.38. The molecule has 4 rings (SSSR count). The number of hydrogen-bond donors (Lipinski definition) is 2. The lowest BCUT2D eigenvalue weighted by atomic mass is 10.1. The molecule has 0 bridgehead atoms. The second-order valence-corrected chi connectivity index (χ2v) is 8.77. The van der Waals surface area contributed by atoms with Gasteiger partial charge in [0.25, 0.3) is 0 Å². The van der Waals surface area contributed by atoms with Gasteiger partial charge < -0.3 is 10.1 Å². The fourth-order valence-electron chi connectivity index (χ4n) is 3.38. The molecule has 0 unspecified atom stereocenters. The number of hydrogen-bond acceptors (Lipinski definition) is 6. The lowest BCUT2D eigenvalue weighted by molar-refractivity contribution is 0.346. The minimum absolute atomic E-state index is 0.0719. The first kappa shape index (κ1) is 18.6. The predicted octanol–water partition coefficient (Wildman–Crippen LogP) is 4.17. The molecule has 0 aliphatic carbocycles. The summed E-state index contributed by atoms with van der Waals surface area (Å²) in [6.07, 6.45) is 4.13. The van der Waals surface area contributed by atoms with Gasteiger partial charge in [-0.3, -0.25) is 0 Å². The van der Waals surface area contributed by atoms with Crippen molar-refractivity contribution in [3.63, 3.8) is 0 Å². The SMILES string of the molecule is Cc1cccc2c(N=Nc3ccc(S(=O)(=O)N4CCCCC4)cn3)c(O)[nH]c12. The molecule has 1 fully saturated rings. The van der Waals surface area contributed by atoms with E-state index in [0.29, 0.717) is 18.8 Å². The minimum Gasteiger partial charge on any atom is -0.493 e. The van der Waals surface area contributed by atoms with Gasteiger partial charge in [-0.2, -0.15) is 4.31 Å². The summed E-state index contributed by atoms with van der Waals surface area (Å²) >= 11 is 0.